The first-order valence-electron chi connectivity index (χ1n) is 7.76. The molecule has 0 bridgehead atoms. The standard InChI is InChI=1S/C15H30N2O2/c1-4-5-10-19-15(18)12-17(13(2)3)11-14-8-6-7-9-16-14/h13-14,16H,4-12H2,1-3H3. The lowest BCUT2D eigenvalue weighted by Gasteiger charge is -2.32. The summed E-state index contributed by atoms with van der Waals surface area (Å²) in [5.74, 6) is -0.0852. The molecule has 0 amide bonds. The van der Waals surface area contributed by atoms with Crippen LogP contribution in [-0.4, -0.2) is 49.2 Å². The van der Waals surface area contributed by atoms with Crippen LogP contribution in [0.1, 0.15) is 52.9 Å². The zero-order chi connectivity index (χ0) is 14.1. The minimum absolute atomic E-state index is 0.0852. The van der Waals surface area contributed by atoms with Crippen molar-refractivity contribution in [3.05, 3.63) is 0 Å². The highest BCUT2D eigenvalue weighted by molar-refractivity contribution is 5.71. The molecule has 112 valence electrons. The van der Waals surface area contributed by atoms with Gasteiger partial charge in [-0.1, -0.05) is 19.8 Å². The Morgan fingerprint density at radius 3 is 2.79 bits per heavy atom. The van der Waals surface area contributed by atoms with E-state index in [-0.39, 0.29) is 5.97 Å². The zero-order valence-corrected chi connectivity index (χ0v) is 12.8. The smallest absolute Gasteiger partial charge is 0.320 e. The highest BCUT2D eigenvalue weighted by atomic mass is 16.5. The predicted molar refractivity (Wildman–Crippen MR) is 78.2 cm³/mol. The molecule has 19 heavy (non-hydrogen) atoms. The van der Waals surface area contributed by atoms with Crippen molar-refractivity contribution in [2.24, 2.45) is 0 Å². The second kappa shape index (κ2) is 9.32. The fourth-order valence-electron chi connectivity index (χ4n) is 2.36. The van der Waals surface area contributed by atoms with E-state index in [9.17, 15) is 4.79 Å². The number of rotatable bonds is 8. The average Bonchev–Trinajstić information content (AvgIpc) is 2.39. The third-order valence-electron chi connectivity index (χ3n) is 3.69. The molecule has 0 spiro atoms. The molecule has 0 aromatic carbocycles. The molecule has 0 radical (unpaired) electrons. The van der Waals surface area contributed by atoms with Crippen LogP contribution in [0.2, 0.25) is 0 Å². The molecule has 1 atom stereocenters. The first kappa shape index (κ1) is 16.4. The number of carbonyl (C=O) groups excluding carboxylic acids is 1. The molecular weight excluding hydrogens is 240 g/mol. The summed E-state index contributed by atoms with van der Waals surface area (Å²) >= 11 is 0. The number of nitrogens with zero attached hydrogens (tertiary/aromatic N) is 1. The highest BCUT2D eigenvalue weighted by Crippen LogP contribution is 2.10. The van der Waals surface area contributed by atoms with E-state index >= 15 is 0 Å². The van der Waals surface area contributed by atoms with Gasteiger partial charge in [-0.2, -0.15) is 0 Å². The van der Waals surface area contributed by atoms with Crippen molar-refractivity contribution >= 4 is 5.97 Å². The van der Waals surface area contributed by atoms with Gasteiger partial charge in [-0.3, -0.25) is 9.69 Å². The summed E-state index contributed by atoms with van der Waals surface area (Å²) in [6, 6.07) is 0.905. The molecule has 1 heterocycles. The number of carbonyl (C=O) groups is 1. The van der Waals surface area contributed by atoms with Gasteiger partial charge < -0.3 is 10.1 Å². The molecule has 1 aliphatic heterocycles. The molecular formula is C15H30N2O2. The topological polar surface area (TPSA) is 41.6 Å². The second-order valence-electron chi connectivity index (χ2n) is 5.74. The lowest BCUT2D eigenvalue weighted by Crippen LogP contribution is -2.47. The van der Waals surface area contributed by atoms with Crippen LogP contribution < -0.4 is 5.32 Å². The van der Waals surface area contributed by atoms with Crippen LogP contribution in [0.15, 0.2) is 0 Å². The van der Waals surface area contributed by atoms with Crippen molar-refractivity contribution in [2.75, 3.05) is 26.2 Å². The van der Waals surface area contributed by atoms with Crippen molar-refractivity contribution in [3.63, 3.8) is 0 Å². The van der Waals surface area contributed by atoms with E-state index in [0.29, 0.717) is 25.2 Å². The third kappa shape index (κ3) is 6.92. The number of unbranched alkanes of at least 4 members (excludes halogenated alkanes) is 1. The zero-order valence-electron chi connectivity index (χ0n) is 12.8. The minimum Gasteiger partial charge on any atom is -0.465 e. The van der Waals surface area contributed by atoms with Gasteiger partial charge in [0, 0.05) is 18.6 Å². The van der Waals surface area contributed by atoms with Crippen LogP contribution in [0, 0.1) is 0 Å². The van der Waals surface area contributed by atoms with Crippen molar-refractivity contribution in [1.29, 1.82) is 0 Å². The molecule has 1 rings (SSSR count). The maximum Gasteiger partial charge on any atom is 0.320 e. The van der Waals surface area contributed by atoms with Crippen LogP contribution in [0.3, 0.4) is 0 Å². The molecule has 4 heteroatoms. The van der Waals surface area contributed by atoms with Crippen molar-refractivity contribution in [3.8, 4) is 0 Å². The molecule has 1 fully saturated rings. The Kier molecular flexibility index (Phi) is 8.07. The average molecular weight is 270 g/mol. The summed E-state index contributed by atoms with van der Waals surface area (Å²) in [6.45, 7) is 9.41. The molecule has 1 saturated heterocycles. The number of hydrogen-bond acceptors (Lipinski definition) is 4. The van der Waals surface area contributed by atoms with Gasteiger partial charge in [-0.05, 0) is 39.7 Å². The largest absolute Gasteiger partial charge is 0.465 e. The maximum atomic E-state index is 11.8. The molecule has 0 saturated carbocycles. The fourth-order valence-corrected chi connectivity index (χ4v) is 2.36. The normalized spacial score (nSPS) is 19.9. The van der Waals surface area contributed by atoms with E-state index < -0.39 is 0 Å². The predicted octanol–water partition coefficient (Wildman–Crippen LogP) is 2.18. The number of hydrogen-bond donors (Lipinski definition) is 1. The Morgan fingerprint density at radius 2 is 2.21 bits per heavy atom. The Morgan fingerprint density at radius 1 is 1.42 bits per heavy atom. The molecule has 0 aromatic heterocycles. The monoisotopic (exact) mass is 270 g/mol. The highest BCUT2D eigenvalue weighted by Gasteiger charge is 2.20. The van der Waals surface area contributed by atoms with E-state index in [4.69, 9.17) is 4.74 Å². The van der Waals surface area contributed by atoms with Gasteiger partial charge in [0.15, 0.2) is 0 Å². The SMILES string of the molecule is CCCCOC(=O)CN(CC1CCCCN1)C(C)C. The fraction of sp³-hybridized carbons (Fsp3) is 0.933. The van der Waals surface area contributed by atoms with Crippen LogP contribution in [-0.2, 0) is 9.53 Å². The van der Waals surface area contributed by atoms with Crippen LogP contribution in [0.25, 0.3) is 0 Å². The number of ether oxygens (including phenoxy) is 1. The summed E-state index contributed by atoms with van der Waals surface area (Å²) < 4.78 is 5.25. The summed E-state index contributed by atoms with van der Waals surface area (Å²) in [6.07, 6.45) is 5.81. The van der Waals surface area contributed by atoms with Gasteiger partial charge in [0.2, 0.25) is 0 Å². The van der Waals surface area contributed by atoms with Crippen molar-refractivity contribution < 1.29 is 9.53 Å². The van der Waals surface area contributed by atoms with Gasteiger partial charge in [0.05, 0.1) is 13.2 Å². The quantitative estimate of drug-likeness (QED) is 0.542. The molecule has 0 aliphatic carbocycles. The van der Waals surface area contributed by atoms with Gasteiger partial charge in [-0.15, -0.1) is 0 Å². The Hall–Kier alpha value is -0.610. The molecule has 1 aliphatic rings. The summed E-state index contributed by atoms with van der Waals surface area (Å²) in [4.78, 5) is 14.0. The number of nitrogens with one attached hydrogen (secondary N) is 1. The van der Waals surface area contributed by atoms with Gasteiger partial charge in [-0.25, -0.2) is 0 Å². The molecule has 1 N–H and O–H groups in total. The molecule has 0 aromatic rings. The van der Waals surface area contributed by atoms with Crippen molar-refractivity contribution in [2.45, 2.75) is 65.0 Å². The second-order valence-corrected chi connectivity index (χ2v) is 5.74. The maximum absolute atomic E-state index is 11.8. The van der Waals surface area contributed by atoms with Crippen LogP contribution in [0.4, 0.5) is 0 Å². The van der Waals surface area contributed by atoms with Crippen LogP contribution >= 0.6 is 0 Å². The number of esters is 1. The van der Waals surface area contributed by atoms with E-state index in [2.05, 4.69) is 31.0 Å². The van der Waals surface area contributed by atoms with Crippen LogP contribution in [0.5, 0.6) is 0 Å². The lowest BCUT2D eigenvalue weighted by molar-refractivity contribution is -0.145. The summed E-state index contributed by atoms with van der Waals surface area (Å²) in [7, 11) is 0. The van der Waals surface area contributed by atoms with Gasteiger partial charge >= 0.3 is 5.97 Å². The first-order valence-corrected chi connectivity index (χ1v) is 7.76. The van der Waals surface area contributed by atoms with E-state index in [1.807, 2.05) is 0 Å². The third-order valence-corrected chi connectivity index (χ3v) is 3.69. The number of piperidine rings is 1. The van der Waals surface area contributed by atoms with E-state index in [1.54, 1.807) is 0 Å². The summed E-state index contributed by atoms with van der Waals surface area (Å²) in [5, 5.41) is 3.54. The Labute approximate surface area is 117 Å². The molecule has 4 nitrogen and oxygen atoms in total. The summed E-state index contributed by atoms with van der Waals surface area (Å²) in [5.41, 5.74) is 0. The lowest BCUT2D eigenvalue weighted by atomic mass is 10.0. The minimum atomic E-state index is -0.0852. The first-order chi connectivity index (χ1) is 9.13. The Balaban J connectivity index is 2.32. The van der Waals surface area contributed by atoms with Gasteiger partial charge in [0.1, 0.15) is 0 Å². The van der Waals surface area contributed by atoms with E-state index in [0.717, 1.165) is 25.9 Å². The van der Waals surface area contributed by atoms with Gasteiger partial charge in [0.25, 0.3) is 0 Å². The van der Waals surface area contributed by atoms with E-state index in [1.165, 1.54) is 19.3 Å². The Bertz CT molecular complexity index is 251. The molecule has 1 unspecified atom stereocenters. The van der Waals surface area contributed by atoms with Crippen molar-refractivity contribution in [1.82, 2.24) is 10.2 Å².